The van der Waals surface area contributed by atoms with E-state index in [1.54, 1.807) is 31.0 Å². The van der Waals surface area contributed by atoms with Gasteiger partial charge in [-0.25, -0.2) is 18.2 Å². The number of hydrogen-bond donors (Lipinski definition) is 3. The van der Waals surface area contributed by atoms with Crippen LogP contribution in [0.1, 0.15) is 79.7 Å². The number of alkyl halides is 1. The van der Waals surface area contributed by atoms with E-state index in [1.165, 1.54) is 24.3 Å². The zero-order valence-electron chi connectivity index (χ0n) is 36.0. The lowest BCUT2D eigenvalue weighted by Gasteiger charge is -2.34. The Balaban J connectivity index is 1.28. The Bertz CT molecular complexity index is 2270. The van der Waals surface area contributed by atoms with E-state index in [9.17, 15) is 28.0 Å². The number of ketones is 1. The minimum Gasteiger partial charge on any atom is -0.352 e. The summed E-state index contributed by atoms with van der Waals surface area (Å²) in [6.07, 6.45) is 0.654. The Morgan fingerprint density at radius 1 is 0.917 bits per heavy atom. The normalized spacial score (nSPS) is 23.4. The molecule has 2 saturated heterocycles. The van der Waals surface area contributed by atoms with E-state index in [0.29, 0.717) is 64.4 Å². The molecule has 1 aliphatic carbocycles. The average Bonchev–Trinajstić information content (AvgIpc) is 3.42. The first-order valence-electron chi connectivity index (χ1n) is 21.7. The highest BCUT2D eigenvalue weighted by molar-refractivity contribution is 5.93. The summed E-state index contributed by atoms with van der Waals surface area (Å²) in [6.45, 7) is 14.0. The lowest BCUT2D eigenvalue weighted by atomic mass is 9.87. The number of hydrogen-bond acceptors (Lipinski definition) is 6. The molecule has 0 spiro atoms. The fourth-order valence-electron chi connectivity index (χ4n) is 9.46. The fourth-order valence-corrected chi connectivity index (χ4v) is 9.46. The molecule has 1 saturated carbocycles. The fraction of sp³-hybridized carbons (Fsp3) is 0.587. The molecule has 3 aliphatic rings. The molecule has 4 heterocycles. The number of likely N-dealkylation sites (N-methyl/N-ethyl adjacent to an activating group) is 1. The number of piperidine rings is 1. The number of nitrogens with zero attached hydrogens (tertiary/aromatic N) is 4. The molecule has 3 amide bonds. The number of carbonyl (C=O) groups is 4. The Hall–Kier alpha value is -4.72. The van der Waals surface area contributed by atoms with Crippen molar-refractivity contribution in [2.45, 2.75) is 117 Å². The van der Waals surface area contributed by atoms with Crippen molar-refractivity contribution >= 4 is 45.4 Å². The molecule has 4 aromatic rings. The largest absolute Gasteiger partial charge is 0.352 e. The highest BCUT2D eigenvalue weighted by atomic mass is 19.1. The van der Waals surface area contributed by atoms with Gasteiger partial charge in [-0.2, -0.15) is 0 Å². The van der Waals surface area contributed by atoms with Gasteiger partial charge >= 0.3 is 0 Å². The third-order valence-corrected chi connectivity index (χ3v) is 13.6. The van der Waals surface area contributed by atoms with Crippen molar-refractivity contribution in [3.63, 3.8) is 0 Å². The highest BCUT2D eigenvalue weighted by Crippen LogP contribution is 2.51. The predicted molar refractivity (Wildman–Crippen MR) is 225 cm³/mol. The summed E-state index contributed by atoms with van der Waals surface area (Å²) in [6, 6.07) is 6.88. The summed E-state index contributed by atoms with van der Waals surface area (Å²) in [5.41, 5.74) is 2.76. The number of H-pyrrole nitrogens is 1. The van der Waals surface area contributed by atoms with Crippen LogP contribution in [0.15, 0.2) is 36.4 Å². The lowest BCUT2D eigenvalue weighted by molar-refractivity contribution is -0.140. The van der Waals surface area contributed by atoms with E-state index in [2.05, 4.69) is 15.6 Å². The van der Waals surface area contributed by atoms with E-state index in [1.807, 2.05) is 51.0 Å². The molecule has 11 nitrogen and oxygen atoms in total. The first-order chi connectivity index (χ1) is 28.5. The molecule has 2 aromatic carbocycles. The summed E-state index contributed by atoms with van der Waals surface area (Å²) < 4.78 is 47.3. The molecule has 9 unspecified atom stereocenters. The number of amides is 3. The van der Waals surface area contributed by atoms with Crippen molar-refractivity contribution < 1.29 is 32.3 Å². The van der Waals surface area contributed by atoms with Crippen LogP contribution in [0.2, 0.25) is 0 Å². The number of carbonyl (C=O) groups excluding carboxylic acids is 4. The van der Waals surface area contributed by atoms with Gasteiger partial charge in [0.25, 0.3) is 0 Å². The number of nitrogens with one attached hydrogen (secondary N) is 3. The SMILES string of the molecule is CCC(C)C(=O)NC(C(=O)N1CC2CC2C1Cn1c(-c2[nH]c3cc(F)ccc3c2CC2CC(F)CN2C(=O)C(CC(=O)C(C)NC)C(C)C)nc2cc(F)ccc21)C(C)C. The van der Waals surface area contributed by atoms with Crippen LogP contribution in [0.4, 0.5) is 13.2 Å². The van der Waals surface area contributed by atoms with Crippen LogP contribution >= 0.6 is 0 Å². The van der Waals surface area contributed by atoms with Gasteiger partial charge in [0.2, 0.25) is 17.7 Å². The molecule has 7 rings (SSSR count). The molecule has 9 atom stereocenters. The van der Waals surface area contributed by atoms with Gasteiger partial charge in [0.15, 0.2) is 5.82 Å². The maximum atomic E-state index is 15.5. The molecule has 3 fully saturated rings. The first kappa shape index (κ1) is 43.4. The van der Waals surface area contributed by atoms with Gasteiger partial charge in [-0.15, -0.1) is 0 Å². The van der Waals surface area contributed by atoms with Crippen LogP contribution in [-0.2, 0) is 32.1 Å². The summed E-state index contributed by atoms with van der Waals surface area (Å²) in [4.78, 5) is 66.7. The summed E-state index contributed by atoms with van der Waals surface area (Å²) in [5.74, 6) is -1.78. The number of rotatable bonds is 16. The molecule has 0 radical (unpaired) electrons. The Labute approximate surface area is 350 Å². The van der Waals surface area contributed by atoms with Gasteiger partial charge in [-0.05, 0) is 92.8 Å². The number of fused-ring (bicyclic) bond motifs is 3. The number of benzene rings is 2. The number of aromatic nitrogens is 3. The van der Waals surface area contributed by atoms with Gasteiger partial charge < -0.3 is 30.0 Å². The Morgan fingerprint density at radius 3 is 2.32 bits per heavy atom. The van der Waals surface area contributed by atoms with Crippen LogP contribution in [0.3, 0.4) is 0 Å². The Kier molecular flexibility index (Phi) is 12.5. The summed E-state index contributed by atoms with van der Waals surface area (Å²) in [7, 11) is 1.69. The van der Waals surface area contributed by atoms with Crippen molar-refractivity contribution in [1.82, 2.24) is 35.0 Å². The van der Waals surface area contributed by atoms with Gasteiger partial charge in [-0.3, -0.25) is 19.2 Å². The zero-order valence-corrected chi connectivity index (χ0v) is 36.0. The second-order valence-electron chi connectivity index (χ2n) is 18.3. The summed E-state index contributed by atoms with van der Waals surface area (Å²) >= 11 is 0. The first-order valence-corrected chi connectivity index (χ1v) is 21.7. The molecule has 14 heteroatoms. The minimum absolute atomic E-state index is 0.0293. The predicted octanol–water partition coefficient (Wildman–Crippen LogP) is 6.82. The van der Waals surface area contributed by atoms with Crippen molar-refractivity contribution in [3.05, 3.63) is 53.6 Å². The average molecular weight is 832 g/mol. The molecule has 2 aromatic heterocycles. The molecular weight excluding hydrogens is 772 g/mol. The van der Waals surface area contributed by atoms with Gasteiger partial charge in [0.1, 0.15) is 29.6 Å². The third kappa shape index (κ3) is 8.45. The number of imidazole rings is 1. The van der Waals surface area contributed by atoms with Crippen molar-refractivity contribution in [2.24, 2.45) is 35.5 Å². The van der Waals surface area contributed by atoms with Crippen molar-refractivity contribution in [2.75, 3.05) is 20.1 Å². The standard InChI is InChI=1S/C46H60F3N7O4/c1-9-25(6)44(58)53-41(24(4)5)46(60)56-20-27-14-34(27)39(56)22-55-38-13-11-29(48)17-37(38)52-43(55)42-35(32-12-10-28(47)16-36(32)51-42)18-31-15-30(49)21-54(31)45(59)33(23(2)3)19-40(57)26(7)50-8/h10-13,16-17,23-27,30-31,33-34,39,41,50-51H,9,14-15,18-22H2,1-8H3,(H,53,58). The van der Waals surface area contributed by atoms with Crippen LogP contribution in [0.25, 0.3) is 33.5 Å². The van der Waals surface area contributed by atoms with Gasteiger partial charge in [0.05, 0.1) is 35.4 Å². The van der Waals surface area contributed by atoms with Crippen LogP contribution < -0.4 is 10.6 Å². The molecular formula is C46H60F3N7O4. The van der Waals surface area contributed by atoms with Crippen LogP contribution in [-0.4, -0.2) is 98.3 Å². The Morgan fingerprint density at radius 2 is 1.63 bits per heavy atom. The van der Waals surface area contributed by atoms with Crippen LogP contribution in [0, 0.1) is 47.1 Å². The quantitative estimate of drug-likeness (QED) is 0.114. The van der Waals surface area contributed by atoms with E-state index in [4.69, 9.17) is 4.98 Å². The van der Waals surface area contributed by atoms with E-state index >= 15 is 4.39 Å². The second-order valence-corrected chi connectivity index (χ2v) is 18.3. The third-order valence-electron chi connectivity index (χ3n) is 13.6. The van der Waals surface area contributed by atoms with Crippen LogP contribution in [0.5, 0.6) is 0 Å². The van der Waals surface area contributed by atoms with E-state index in [0.717, 1.165) is 6.42 Å². The maximum absolute atomic E-state index is 15.5. The number of halogens is 3. The lowest BCUT2D eigenvalue weighted by Crippen LogP contribution is -2.54. The van der Waals surface area contributed by atoms with E-state index in [-0.39, 0.29) is 79.0 Å². The van der Waals surface area contributed by atoms with E-state index < -0.39 is 41.8 Å². The molecule has 324 valence electrons. The topological polar surface area (TPSA) is 132 Å². The maximum Gasteiger partial charge on any atom is 0.245 e. The van der Waals surface area contributed by atoms with Gasteiger partial charge in [0, 0.05) is 60.8 Å². The van der Waals surface area contributed by atoms with Gasteiger partial charge in [-0.1, -0.05) is 41.5 Å². The second kappa shape index (κ2) is 17.3. The van der Waals surface area contributed by atoms with Crippen molar-refractivity contribution in [3.8, 4) is 11.5 Å². The number of likely N-dealkylation sites (tertiary alicyclic amines) is 2. The molecule has 3 N–H and O–H groups in total. The molecule has 60 heavy (non-hydrogen) atoms. The monoisotopic (exact) mass is 831 g/mol. The minimum atomic E-state index is -1.28. The van der Waals surface area contributed by atoms with Crippen molar-refractivity contribution in [1.29, 1.82) is 0 Å². The number of aromatic amines is 1. The smallest absolute Gasteiger partial charge is 0.245 e. The number of Topliss-reactive ketones (excluding diaryl/α,β-unsaturated/α-hetero) is 1. The summed E-state index contributed by atoms with van der Waals surface area (Å²) in [5, 5.41) is 6.66. The zero-order chi connectivity index (χ0) is 43.3. The molecule has 0 bridgehead atoms. The molecule has 2 aliphatic heterocycles. The highest BCUT2D eigenvalue weighted by Gasteiger charge is 2.55.